The van der Waals surface area contributed by atoms with Gasteiger partial charge in [-0.3, -0.25) is 0 Å². The smallest absolute Gasteiger partial charge is 0.337 e. The van der Waals surface area contributed by atoms with Gasteiger partial charge < -0.3 is 16.2 Å². The zero-order valence-electron chi connectivity index (χ0n) is 12.1. The van der Waals surface area contributed by atoms with Crippen molar-refractivity contribution in [3.63, 3.8) is 0 Å². The van der Waals surface area contributed by atoms with Crippen LogP contribution in [0, 0.1) is 11.8 Å². The molecule has 4 N–H and O–H groups in total. The molecule has 2 atom stereocenters. The van der Waals surface area contributed by atoms with Gasteiger partial charge in [0.15, 0.2) is 0 Å². The third-order valence-corrected chi connectivity index (χ3v) is 4.16. The van der Waals surface area contributed by atoms with Crippen molar-refractivity contribution in [3.05, 3.63) is 17.8 Å². The zero-order chi connectivity index (χ0) is 14.7. The van der Waals surface area contributed by atoms with Crippen molar-refractivity contribution in [1.29, 1.82) is 0 Å². The Morgan fingerprint density at radius 3 is 2.75 bits per heavy atom. The van der Waals surface area contributed by atoms with E-state index in [-0.39, 0.29) is 5.56 Å². The molecule has 0 aliphatic heterocycles. The molecule has 1 saturated carbocycles. The van der Waals surface area contributed by atoms with Gasteiger partial charge in [0.05, 0.1) is 11.3 Å². The Bertz CT molecular complexity index is 488. The number of carboxylic acids is 1. The lowest BCUT2D eigenvalue weighted by atomic mass is 9.78. The minimum atomic E-state index is -1.01. The van der Waals surface area contributed by atoms with Crippen molar-refractivity contribution in [2.75, 3.05) is 11.1 Å². The van der Waals surface area contributed by atoms with Gasteiger partial charge in [0.25, 0.3) is 0 Å². The maximum Gasteiger partial charge on any atom is 0.337 e. The SMILES string of the molecule is CC(C)C1CCCCC1Nc1ncc(C(=O)O)cc1N. The maximum atomic E-state index is 10.9. The molecule has 0 bridgehead atoms. The molecule has 1 aromatic heterocycles. The summed E-state index contributed by atoms with van der Waals surface area (Å²) < 4.78 is 0. The highest BCUT2D eigenvalue weighted by molar-refractivity contribution is 5.89. The lowest BCUT2D eigenvalue weighted by Crippen LogP contribution is -2.35. The minimum Gasteiger partial charge on any atom is -0.478 e. The fraction of sp³-hybridized carbons (Fsp3) is 0.600. The van der Waals surface area contributed by atoms with Gasteiger partial charge in [0.2, 0.25) is 0 Å². The summed E-state index contributed by atoms with van der Waals surface area (Å²) in [6, 6.07) is 1.83. The van der Waals surface area contributed by atoms with Gasteiger partial charge in [-0.1, -0.05) is 26.7 Å². The average molecular weight is 277 g/mol. The van der Waals surface area contributed by atoms with Crippen molar-refractivity contribution in [3.8, 4) is 0 Å². The number of aromatic nitrogens is 1. The van der Waals surface area contributed by atoms with Crippen molar-refractivity contribution >= 4 is 17.5 Å². The first-order chi connectivity index (χ1) is 9.49. The van der Waals surface area contributed by atoms with E-state index in [0.717, 1.165) is 6.42 Å². The normalized spacial score (nSPS) is 22.8. The molecule has 1 aliphatic rings. The van der Waals surface area contributed by atoms with Crippen LogP contribution in [-0.4, -0.2) is 22.1 Å². The molecule has 0 saturated heterocycles. The van der Waals surface area contributed by atoms with Gasteiger partial charge in [0, 0.05) is 12.2 Å². The fourth-order valence-electron chi connectivity index (χ4n) is 3.03. The summed E-state index contributed by atoms with van der Waals surface area (Å²) in [5, 5.41) is 12.3. The molecule has 0 amide bonds. The van der Waals surface area contributed by atoms with E-state index < -0.39 is 5.97 Å². The second-order valence-electron chi connectivity index (χ2n) is 5.91. The van der Waals surface area contributed by atoms with E-state index in [2.05, 4.69) is 24.1 Å². The lowest BCUT2D eigenvalue weighted by Gasteiger charge is -2.35. The van der Waals surface area contributed by atoms with Crippen LogP contribution in [-0.2, 0) is 0 Å². The van der Waals surface area contributed by atoms with Gasteiger partial charge in [-0.15, -0.1) is 0 Å². The maximum absolute atomic E-state index is 10.9. The van der Waals surface area contributed by atoms with Gasteiger partial charge in [0.1, 0.15) is 5.82 Å². The Morgan fingerprint density at radius 1 is 1.45 bits per heavy atom. The molecule has 20 heavy (non-hydrogen) atoms. The Hall–Kier alpha value is -1.78. The number of carboxylic acid groups (broad SMARTS) is 1. The molecule has 2 rings (SSSR count). The number of rotatable bonds is 4. The van der Waals surface area contributed by atoms with Crippen molar-refractivity contribution in [2.24, 2.45) is 11.8 Å². The number of nitrogen functional groups attached to an aromatic ring is 1. The van der Waals surface area contributed by atoms with Gasteiger partial charge >= 0.3 is 5.97 Å². The van der Waals surface area contributed by atoms with Crippen LogP contribution in [0.15, 0.2) is 12.3 Å². The quantitative estimate of drug-likeness (QED) is 0.787. The third kappa shape index (κ3) is 3.21. The van der Waals surface area contributed by atoms with Crippen LogP contribution in [0.5, 0.6) is 0 Å². The second-order valence-corrected chi connectivity index (χ2v) is 5.91. The number of nitrogens with one attached hydrogen (secondary N) is 1. The summed E-state index contributed by atoms with van der Waals surface area (Å²) in [5.74, 6) is 0.831. The predicted molar refractivity (Wildman–Crippen MR) is 79.8 cm³/mol. The zero-order valence-corrected chi connectivity index (χ0v) is 12.1. The molecule has 0 aromatic carbocycles. The van der Waals surface area contributed by atoms with E-state index in [0.29, 0.717) is 29.4 Å². The third-order valence-electron chi connectivity index (χ3n) is 4.16. The predicted octanol–water partition coefficient (Wildman–Crippen LogP) is 2.99. The molecule has 0 spiro atoms. The molecule has 1 fully saturated rings. The number of hydrogen-bond acceptors (Lipinski definition) is 4. The number of hydrogen-bond donors (Lipinski definition) is 3. The highest BCUT2D eigenvalue weighted by Gasteiger charge is 2.28. The largest absolute Gasteiger partial charge is 0.478 e. The van der Waals surface area contributed by atoms with Crippen molar-refractivity contribution < 1.29 is 9.90 Å². The van der Waals surface area contributed by atoms with Gasteiger partial charge in [-0.05, 0) is 30.7 Å². The monoisotopic (exact) mass is 277 g/mol. The molecule has 1 aromatic rings. The topological polar surface area (TPSA) is 88.2 Å². The summed E-state index contributed by atoms with van der Waals surface area (Å²) in [7, 11) is 0. The molecular formula is C15H23N3O2. The van der Waals surface area contributed by atoms with Crippen molar-refractivity contribution in [1.82, 2.24) is 4.98 Å². The molecule has 110 valence electrons. The van der Waals surface area contributed by atoms with E-state index in [1.54, 1.807) is 0 Å². The first-order valence-electron chi connectivity index (χ1n) is 7.24. The molecule has 1 aliphatic carbocycles. The Labute approximate surface area is 119 Å². The standard InChI is InChI=1S/C15H23N3O2/c1-9(2)11-5-3-4-6-13(11)18-14-12(16)7-10(8-17-14)15(19)20/h7-9,11,13H,3-6,16H2,1-2H3,(H,17,18)(H,19,20). The number of nitrogens with zero attached hydrogens (tertiary/aromatic N) is 1. The van der Waals surface area contributed by atoms with Crippen LogP contribution < -0.4 is 11.1 Å². The van der Waals surface area contributed by atoms with Crippen LogP contribution in [0.2, 0.25) is 0 Å². The van der Waals surface area contributed by atoms with Crippen molar-refractivity contribution in [2.45, 2.75) is 45.6 Å². The number of nitrogens with two attached hydrogens (primary N) is 1. The lowest BCUT2D eigenvalue weighted by molar-refractivity contribution is 0.0696. The molecule has 0 radical (unpaired) electrons. The summed E-state index contributed by atoms with van der Waals surface area (Å²) >= 11 is 0. The summed E-state index contributed by atoms with van der Waals surface area (Å²) in [6.45, 7) is 4.49. The van der Waals surface area contributed by atoms with E-state index in [1.165, 1.54) is 31.5 Å². The van der Waals surface area contributed by atoms with Gasteiger partial charge in [-0.2, -0.15) is 0 Å². The molecule has 2 unspecified atom stereocenters. The first kappa shape index (κ1) is 14.6. The van der Waals surface area contributed by atoms with E-state index in [1.807, 2.05) is 0 Å². The van der Waals surface area contributed by atoms with Crippen LogP contribution in [0.1, 0.15) is 49.9 Å². The highest BCUT2D eigenvalue weighted by atomic mass is 16.4. The minimum absolute atomic E-state index is 0.122. The van der Waals surface area contributed by atoms with Crippen LogP contribution >= 0.6 is 0 Å². The van der Waals surface area contributed by atoms with E-state index >= 15 is 0 Å². The number of anilines is 2. The summed E-state index contributed by atoms with van der Waals surface area (Å²) in [4.78, 5) is 15.1. The fourth-order valence-corrected chi connectivity index (χ4v) is 3.03. The van der Waals surface area contributed by atoms with Crippen LogP contribution in [0.4, 0.5) is 11.5 Å². The molecule has 5 heteroatoms. The van der Waals surface area contributed by atoms with Crippen LogP contribution in [0.3, 0.4) is 0 Å². The second kappa shape index (κ2) is 6.11. The van der Waals surface area contributed by atoms with E-state index in [9.17, 15) is 4.79 Å². The Kier molecular flexibility index (Phi) is 4.47. The highest BCUT2D eigenvalue weighted by Crippen LogP contribution is 2.33. The van der Waals surface area contributed by atoms with Crippen LogP contribution in [0.25, 0.3) is 0 Å². The van der Waals surface area contributed by atoms with Gasteiger partial charge in [-0.25, -0.2) is 9.78 Å². The molecule has 1 heterocycles. The molecular weight excluding hydrogens is 254 g/mol. The number of carbonyl (C=O) groups is 1. The molecule has 5 nitrogen and oxygen atoms in total. The Balaban J connectivity index is 2.14. The number of pyridine rings is 1. The Morgan fingerprint density at radius 2 is 2.15 bits per heavy atom. The summed E-state index contributed by atoms with van der Waals surface area (Å²) in [6.07, 6.45) is 6.19. The average Bonchev–Trinajstić information content (AvgIpc) is 2.41. The first-order valence-corrected chi connectivity index (χ1v) is 7.24. The van der Waals surface area contributed by atoms with E-state index in [4.69, 9.17) is 10.8 Å². The summed E-state index contributed by atoms with van der Waals surface area (Å²) in [5.41, 5.74) is 6.43. The number of aromatic carboxylic acids is 1.